The van der Waals surface area contributed by atoms with Crippen LogP contribution in [0.15, 0.2) is 54.6 Å². The van der Waals surface area contributed by atoms with E-state index in [1.165, 1.54) is 12.3 Å². The number of aryl methyl sites for hydroxylation is 1. The summed E-state index contributed by atoms with van der Waals surface area (Å²) in [5.74, 6) is 0.566. The minimum Gasteiger partial charge on any atom is -0.508 e. The molecular formula is C21H16FN5O. The maximum absolute atomic E-state index is 13.6. The first-order valence-corrected chi connectivity index (χ1v) is 8.82. The average molecular weight is 373 g/mol. The van der Waals surface area contributed by atoms with Crippen molar-refractivity contribution in [1.82, 2.24) is 19.6 Å². The summed E-state index contributed by atoms with van der Waals surface area (Å²) in [5, 5.41) is 17.5. The van der Waals surface area contributed by atoms with Crippen LogP contribution in [-0.4, -0.2) is 24.7 Å². The van der Waals surface area contributed by atoms with Crippen LogP contribution < -0.4 is 5.32 Å². The molecule has 138 valence electrons. The number of aromatic hydroxyl groups is 1. The van der Waals surface area contributed by atoms with E-state index in [2.05, 4.69) is 20.4 Å². The van der Waals surface area contributed by atoms with Gasteiger partial charge in [-0.25, -0.2) is 9.37 Å². The van der Waals surface area contributed by atoms with Crippen molar-refractivity contribution in [3.05, 3.63) is 77.1 Å². The number of hydrogen-bond donors (Lipinski definition) is 2. The molecule has 6 nitrogen and oxygen atoms in total. The Morgan fingerprint density at radius 1 is 1.14 bits per heavy atom. The molecule has 7 heteroatoms. The number of phenols is 1. The summed E-state index contributed by atoms with van der Waals surface area (Å²) in [7, 11) is 0. The Morgan fingerprint density at radius 2 is 2.04 bits per heavy atom. The molecule has 5 rings (SSSR count). The van der Waals surface area contributed by atoms with E-state index in [-0.39, 0.29) is 5.75 Å². The third-order valence-electron chi connectivity index (χ3n) is 4.77. The number of phenolic OH excluding ortho intramolecular Hbond substituents is 1. The lowest BCUT2D eigenvalue weighted by molar-refractivity contribution is 0.474. The molecule has 0 aliphatic heterocycles. The largest absolute Gasteiger partial charge is 0.508 e. The standard InChI is InChI=1S/C21H16FN5O/c1-12-9-24-27-20(25-17-5-13-2-3-18(28)7-14(13)6-17)8-19(26-21(12)27)15-4-16(22)11-23-10-15/h2-5,7-11,25,28H,6H2,1H3. The monoisotopic (exact) mass is 373 g/mol. The molecule has 0 spiro atoms. The van der Waals surface area contributed by atoms with E-state index < -0.39 is 5.82 Å². The Balaban J connectivity index is 1.58. The normalized spacial score (nSPS) is 12.9. The van der Waals surface area contributed by atoms with Gasteiger partial charge < -0.3 is 10.4 Å². The minimum atomic E-state index is -0.410. The smallest absolute Gasteiger partial charge is 0.160 e. The van der Waals surface area contributed by atoms with Crippen LogP contribution in [0, 0.1) is 12.7 Å². The van der Waals surface area contributed by atoms with Gasteiger partial charge in [-0.15, -0.1) is 0 Å². The third kappa shape index (κ3) is 2.77. The number of aromatic nitrogens is 4. The zero-order chi connectivity index (χ0) is 19.3. The van der Waals surface area contributed by atoms with Crippen LogP contribution in [0.25, 0.3) is 23.0 Å². The maximum Gasteiger partial charge on any atom is 0.160 e. The zero-order valence-corrected chi connectivity index (χ0v) is 15.0. The van der Waals surface area contributed by atoms with Crippen molar-refractivity contribution >= 4 is 17.5 Å². The van der Waals surface area contributed by atoms with Gasteiger partial charge in [-0.2, -0.15) is 9.61 Å². The second-order valence-corrected chi connectivity index (χ2v) is 6.84. The molecule has 0 bridgehead atoms. The van der Waals surface area contributed by atoms with E-state index in [1.807, 2.05) is 25.1 Å². The molecule has 3 aromatic heterocycles. The van der Waals surface area contributed by atoms with Gasteiger partial charge in [-0.05, 0) is 42.3 Å². The highest BCUT2D eigenvalue weighted by Crippen LogP contribution is 2.30. The summed E-state index contributed by atoms with van der Waals surface area (Å²) in [4.78, 5) is 8.56. The number of anilines is 1. The van der Waals surface area contributed by atoms with E-state index in [4.69, 9.17) is 0 Å². The SMILES string of the molecule is Cc1cnn2c(NC3=Cc4ccc(O)cc4C3)cc(-c3cncc(F)c3)nc12. The van der Waals surface area contributed by atoms with E-state index in [1.54, 1.807) is 29.0 Å². The maximum atomic E-state index is 13.6. The van der Waals surface area contributed by atoms with Gasteiger partial charge in [-0.3, -0.25) is 4.98 Å². The number of nitrogens with zero attached hydrogens (tertiary/aromatic N) is 4. The molecule has 0 saturated heterocycles. The van der Waals surface area contributed by atoms with Gasteiger partial charge in [0.15, 0.2) is 5.65 Å². The molecule has 0 amide bonds. The molecule has 0 unspecified atom stereocenters. The Hall–Kier alpha value is -3.74. The summed E-state index contributed by atoms with van der Waals surface area (Å²) in [5.41, 5.74) is 5.92. The molecule has 1 aliphatic rings. The zero-order valence-electron chi connectivity index (χ0n) is 15.0. The molecule has 4 aromatic rings. The molecule has 0 radical (unpaired) electrons. The Labute approximate surface area is 160 Å². The van der Waals surface area contributed by atoms with Gasteiger partial charge in [-0.1, -0.05) is 6.07 Å². The molecule has 3 heterocycles. The lowest BCUT2D eigenvalue weighted by atomic mass is 10.1. The fourth-order valence-corrected chi connectivity index (χ4v) is 3.44. The number of halogens is 1. The number of allylic oxidation sites excluding steroid dienone is 1. The molecule has 0 fully saturated rings. The lowest BCUT2D eigenvalue weighted by Gasteiger charge is -2.12. The molecule has 0 saturated carbocycles. The molecule has 1 aliphatic carbocycles. The topological polar surface area (TPSA) is 75.3 Å². The van der Waals surface area contributed by atoms with Crippen LogP contribution in [0.2, 0.25) is 0 Å². The highest BCUT2D eigenvalue weighted by molar-refractivity contribution is 5.72. The highest BCUT2D eigenvalue weighted by Gasteiger charge is 2.17. The Kier molecular flexibility index (Phi) is 3.61. The quantitative estimate of drug-likeness (QED) is 0.569. The van der Waals surface area contributed by atoms with Crippen molar-refractivity contribution in [3.63, 3.8) is 0 Å². The molecular weight excluding hydrogens is 357 g/mol. The fraction of sp³-hybridized carbons (Fsp3) is 0.0952. The fourth-order valence-electron chi connectivity index (χ4n) is 3.44. The van der Waals surface area contributed by atoms with Gasteiger partial charge in [0.1, 0.15) is 17.4 Å². The van der Waals surface area contributed by atoms with Crippen LogP contribution in [0.1, 0.15) is 16.7 Å². The number of pyridine rings is 1. The molecule has 0 atom stereocenters. The van der Waals surface area contributed by atoms with Crippen molar-refractivity contribution in [2.75, 3.05) is 5.32 Å². The molecule has 28 heavy (non-hydrogen) atoms. The number of fused-ring (bicyclic) bond motifs is 2. The van der Waals surface area contributed by atoms with Crippen molar-refractivity contribution in [3.8, 4) is 17.0 Å². The predicted octanol–water partition coefficient (Wildman–Crippen LogP) is 3.95. The number of rotatable bonds is 3. The second-order valence-electron chi connectivity index (χ2n) is 6.84. The first-order valence-electron chi connectivity index (χ1n) is 8.82. The summed E-state index contributed by atoms with van der Waals surface area (Å²) in [6, 6.07) is 8.58. The number of benzene rings is 1. The summed E-state index contributed by atoms with van der Waals surface area (Å²) >= 11 is 0. The minimum absolute atomic E-state index is 0.253. The van der Waals surface area contributed by atoms with Crippen molar-refractivity contribution in [1.29, 1.82) is 0 Å². The molecule has 1 aromatic carbocycles. The predicted molar refractivity (Wildman–Crippen MR) is 104 cm³/mol. The van der Waals surface area contributed by atoms with E-state index in [0.717, 1.165) is 28.2 Å². The van der Waals surface area contributed by atoms with Gasteiger partial charge in [0, 0.05) is 35.5 Å². The van der Waals surface area contributed by atoms with Crippen molar-refractivity contribution in [2.24, 2.45) is 0 Å². The van der Waals surface area contributed by atoms with Gasteiger partial charge in [0.25, 0.3) is 0 Å². The van der Waals surface area contributed by atoms with Crippen LogP contribution in [0.4, 0.5) is 10.2 Å². The second kappa shape index (κ2) is 6.16. The number of hydrogen-bond acceptors (Lipinski definition) is 5. The van der Waals surface area contributed by atoms with Crippen molar-refractivity contribution in [2.45, 2.75) is 13.3 Å². The average Bonchev–Trinajstić information content (AvgIpc) is 3.24. The summed E-state index contributed by atoms with van der Waals surface area (Å²) < 4.78 is 15.4. The van der Waals surface area contributed by atoms with E-state index in [9.17, 15) is 9.50 Å². The van der Waals surface area contributed by atoms with Crippen LogP contribution in [-0.2, 0) is 6.42 Å². The Morgan fingerprint density at radius 3 is 2.89 bits per heavy atom. The Bertz CT molecular complexity index is 1260. The van der Waals surface area contributed by atoms with E-state index in [0.29, 0.717) is 23.3 Å². The van der Waals surface area contributed by atoms with Crippen molar-refractivity contribution < 1.29 is 9.50 Å². The first kappa shape index (κ1) is 16.4. The van der Waals surface area contributed by atoms with Gasteiger partial charge in [0.05, 0.1) is 18.1 Å². The van der Waals surface area contributed by atoms with Crippen LogP contribution >= 0.6 is 0 Å². The highest BCUT2D eigenvalue weighted by atomic mass is 19.1. The van der Waals surface area contributed by atoms with Gasteiger partial charge in [0.2, 0.25) is 0 Å². The van der Waals surface area contributed by atoms with Crippen LogP contribution in [0.3, 0.4) is 0 Å². The van der Waals surface area contributed by atoms with Gasteiger partial charge >= 0.3 is 0 Å². The lowest BCUT2D eigenvalue weighted by Crippen LogP contribution is -2.07. The third-order valence-corrected chi connectivity index (χ3v) is 4.77. The molecule has 2 N–H and O–H groups in total. The van der Waals surface area contributed by atoms with Crippen LogP contribution in [0.5, 0.6) is 5.75 Å². The summed E-state index contributed by atoms with van der Waals surface area (Å²) in [6.07, 6.45) is 7.22. The number of nitrogens with one attached hydrogen (secondary N) is 1. The first-order chi connectivity index (χ1) is 13.6. The summed E-state index contributed by atoms with van der Waals surface area (Å²) in [6.45, 7) is 1.93. The van der Waals surface area contributed by atoms with E-state index >= 15 is 0 Å².